The van der Waals surface area contributed by atoms with Crippen LogP contribution in [0, 0.1) is 18.3 Å². The van der Waals surface area contributed by atoms with Gasteiger partial charge in [-0.1, -0.05) is 12.1 Å². The lowest BCUT2D eigenvalue weighted by atomic mass is 9.99. The fourth-order valence-electron chi connectivity index (χ4n) is 1.51. The van der Waals surface area contributed by atoms with Gasteiger partial charge in [-0.2, -0.15) is 5.26 Å². The van der Waals surface area contributed by atoms with E-state index in [9.17, 15) is 0 Å². The number of methoxy groups -OCH3 is 1. The van der Waals surface area contributed by atoms with Crippen molar-refractivity contribution in [3.63, 3.8) is 0 Å². The summed E-state index contributed by atoms with van der Waals surface area (Å²) >= 11 is 0. The summed E-state index contributed by atoms with van der Waals surface area (Å²) in [5.41, 5.74) is 7.87. The SMILES string of the molecule is COc1cccc(C)c1[C@H](N)CC#N. The summed E-state index contributed by atoms with van der Waals surface area (Å²) in [6, 6.07) is 7.54. The molecule has 1 atom stereocenters. The smallest absolute Gasteiger partial charge is 0.123 e. The third kappa shape index (κ3) is 2.04. The van der Waals surface area contributed by atoms with Crippen molar-refractivity contribution in [1.29, 1.82) is 5.26 Å². The normalized spacial score (nSPS) is 11.9. The lowest BCUT2D eigenvalue weighted by Gasteiger charge is -2.15. The fraction of sp³-hybridized carbons (Fsp3) is 0.364. The number of nitrogens with two attached hydrogens (primary N) is 1. The van der Waals surface area contributed by atoms with E-state index in [1.165, 1.54) is 0 Å². The molecule has 0 aromatic heterocycles. The van der Waals surface area contributed by atoms with E-state index in [-0.39, 0.29) is 6.04 Å². The molecule has 0 amide bonds. The van der Waals surface area contributed by atoms with Crippen molar-refractivity contribution in [2.45, 2.75) is 19.4 Å². The van der Waals surface area contributed by atoms with Crippen molar-refractivity contribution in [2.75, 3.05) is 7.11 Å². The third-order valence-electron chi connectivity index (χ3n) is 2.19. The van der Waals surface area contributed by atoms with Crippen molar-refractivity contribution in [2.24, 2.45) is 5.73 Å². The molecule has 0 aliphatic rings. The zero-order valence-corrected chi connectivity index (χ0v) is 8.45. The first-order chi connectivity index (χ1) is 6.70. The van der Waals surface area contributed by atoms with Crippen LogP contribution in [0.25, 0.3) is 0 Å². The quantitative estimate of drug-likeness (QED) is 0.792. The van der Waals surface area contributed by atoms with Crippen LogP contribution < -0.4 is 10.5 Å². The molecular formula is C11H14N2O. The van der Waals surface area contributed by atoms with Gasteiger partial charge in [-0.25, -0.2) is 0 Å². The molecule has 74 valence electrons. The maximum Gasteiger partial charge on any atom is 0.123 e. The van der Waals surface area contributed by atoms with Crippen LogP contribution in [0.4, 0.5) is 0 Å². The Morgan fingerprint density at radius 3 is 2.86 bits per heavy atom. The number of hydrogen-bond acceptors (Lipinski definition) is 3. The second kappa shape index (κ2) is 4.64. The summed E-state index contributed by atoms with van der Waals surface area (Å²) < 4.78 is 5.20. The van der Waals surface area contributed by atoms with Crippen LogP contribution in [-0.2, 0) is 0 Å². The van der Waals surface area contributed by atoms with Crippen molar-refractivity contribution in [3.05, 3.63) is 29.3 Å². The molecule has 0 unspecified atom stereocenters. The maximum absolute atomic E-state index is 8.58. The van der Waals surface area contributed by atoms with Crippen molar-refractivity contribution < 1.29 is 4.74 Å². The zero-order valence-electron chi connectivity index (χ0n) is 8.45. The van der Waals surface area contributed by atoms with Gasteiger partial charge in [0.1, 0.15) is 5.75 Å². The first kappa shape index (κ1) is 10.6. The Labute approximate surface area is 84.1 Å². The van der Waals surface area contributed by atoms with Gasteiger partial charge in [-0.3, -0.25) is 0 Å². The highest BCUT2D eigenvalue weighted by molar-refractivity contribution is 5.42. The topological polar surface area (TPSA) is 59.0 Å². The Morgan fingerprint density at radius 2 is 2.29 bits per heavy atom. The van der Waals surface area contributed by atoms with Gasteiger partial charge in [-0.15, -0.1) is 0 Å². The molecule has 0 fully saturated rings. The van der Waals surface area contributed by atoms with E-state index >= 15 is 0 Å². The highest BCUT2D eigenvalue weighted by atomic mass is 16.5. The van der Waals surface area contributed by atoms with Crippen LogP contribution >= 0.6 is 0 Å². The molecule has 0 saturated heterocycles. The van der Waals surface area contributed by atoms with E-state index in [0.717, 1.165) is 16.9 Å². The van der Waals surface area contributed by atoms with Crippen molar-refractivity contribution in [3.8, 4) is 11.8 Å². The van der Waals surface area contributed by atoms with E-state index < -0.39 is 0 Å². The van der Waals surface area contributed by atoms with Gasteiger partial charge >= 0.3 is 0 Å². The van der Waals surface area contributed by atoms with Crippen LogP contribution in [-0.4, -0.2) is 7.11 Å². The van der Waals surface area contributed by atoms with E-state index in [1.54, 1.807) is 7.11 Å². The predicted octanol–water partition coefficient (Wildman–Crippen LogP) is 1.92. The van der Waals surface area contributed by atoms with Crippen molar-refractivity contribution >= 4 is 0 Å². The second-order valence-corrected chi connectivity index (χ2v) is 3.16. The van der Waals surface area contributed by atoms with Crippen LogP contribution in [0.5, 0.6) is 5.75 Å². The Morgan fingerprint density at radius 1 is 1.57 bits per heavy atom. The Kier molecular flexibility index (Phi) is 3.49. The van der Waals surface area contributed by atoms with E-state index in [0.29, 0.717) is 6.42 Å². The van der Waals surface area contributed by atoms with E-state index in [4.69, 9.17) is 15.7 Å². The number of hydrogen-bond donors (Lipinski definition) is 1. The van der Waals surface area contributed by atoms with Gasteiger partial charge in [0.15, 0.2) is 0 Å². The summed E-state index contributed by atoms with van der Waals surface area (Å²) in [5, 5.41) is 8.58. The van der Waals surface area contributed by atoms with Gasteiger partial charge in [0, 0.05) is 11.6 Å². The van der Waals surface area contributed by atoms with E-state index in [2.05, 4.69) is 6.07 Å². The Hall–Kier alpha value is -1.53. The van der Waals surface area contributed by atoms with E-state index in [1.807, 2.05) is 25.1 Å². The molecular weight excluding hydrogens is 176 g/mol. The molecule has 0 bridgehead atoms. The first-order valence-corrected chi connectivity index (χ1v) is 4.46. The summed E-state index contributed by atoms with van der Waals surface area (Å²) in [5.74, 6) is 0.757. The van der Waals surface area contributed by atoms with Gasteiger partial charge < -0.3 is 10.5 Å². The van der Waals surface area contributed by atoms with Crippen LogP contribution in [0.3, 0.4) is 0 Å². The minimum atomic E-state index is -0.267. The standard InChI is InChI=1S/C11H14N2O/c1-8-4-3-5-10(14-2)11(8)9(13)6-7-12/h3-5,9H,6,13H2,1-2H3/t9-/m1/s1. The predicted molar refractivity (Wildman–Crippen MR) is 54.9 cm³/mol. The monoisotopic (exact) mass is 190 g/mol. The molecule has 0 heterocycles. The molecule has 0 aliphatic carbocycles. The van der Waals surface area contributed by atoms with Crippen molar-refractivity contribution in [1.82, 2.24) is 0 Å². The number of rotatable bonds is 3. The molecule has 3 nitrogen and oxygen atoms in total. The zero-order chi connectivity index (χ0) is 10.6. The molecule has 0 spiro atoms. The molecule has 1 rings (SSSR count). The lowest BCUT2D eigenvalue weighted by Crippen LogP contribution is -2.12. The van der Waals surface area contributed by atoms with Gasteiger partial charge in [0.2, 0.25) is 0 Å². The highest BCUT2D eigenvalue weighted by Gasteiger charge is 2.13. The van der Waals surface area contributed by atoms with Gasteiger partial charge in [0.25, 0.3) is 0 Å². The molecule has 0 aliphatic heterocycles. The molecule has 14 heavy (non-hydrogen) atoms. The molecule has 2 N–H and O–H groups in total. The molecule has 0 saturated carbocycles. The van der Waals surface area contributed by atoms with Gasteiger partial charge in [0.05, 0.1) is 19.6 Å². The molecule has 0 radical (unpaired) electrons. The van der Waals surface area contributed by atoms with Crippen LogP contribution in [0.2, 0.25) is 0 Å². The lowest BCUT2D eigenvalue weighted by molar-refractivity contribution is 0.405. The molecule has 1 aromatic rings. The number of ether oxygens (including phenoxy) is 1. The summed E-state index contributed by atoms with van der Waals surface area (Å²) in [6.45, 7) is 1.97. The van der Waals surface area contributed by atoms with Gasteiger partial charge in [-0.05, 0) is 18.6 Å². The highest BCUT2D eigenvalue weighted by Crippen LogP contribution is 2.28. The molecule has 3 heteroatoms. The van der Waals surface area contributed by atoms with Crippen LogP contribution in [0.1, 0.15) is 23.6 Å². The minimum Gasteiger partial charge on any atom is -0.496 e. The largest absolute Gasteiger partial charge is 0.496 e. The maximum atomic E-state index is 8.58. The number of aryl methyl sites for hydroxylation is 1. The fourth-order valence-corrected chi connectivity index (χ4v) is 1.51. The van der Waals surface area contributed by atoms with Crippen LogP contribution in [0.15, 0.2) is 18.2 Å². The second-order valence-electron chi connectivity index (χ2n) is 3.16. The average Bonchev–Trinajstić information content (AvgIpc) is 2.17. The average molecular weight is 190 g/mol. The molecule has 1 aromatic carbocycles. The number of nitrogens with zero attached hydrogens (tertiary/aromatic N) is 1. The minimum absolute atomic E-state index is 0.267. The Balaban J connectivity index is 3.11. The number of benzene rings is 1. The first-order valence-electron chi connectivity index (χ1n) is 4.46. The summed E-state index contributed by atoms with van der Waals surface area (Å²) in [4.78, 5) is 0. The summed E-state index contributed by atoms with van der Waals surface area (Å²) in [7, 11) is 1.61. The summed E-state index contributed by atoms with van der Waals surface area (Å²) in [6.07, 6.45) is 0.307. The number of nitriles is 1. The Bertz CT molecular complexity index is 355. The third-order valence-corrected chi connectivity index (χ3v) is 2.19.